The molecule has 1 heterocycles. The number of rotatable bonds is 2. The van der Waals surface area contributed by atoms with E-state index in [1.165, 1.54) is 7.11 Å². The molecule has 2 aromatic carbocycles. The van der Waals surface area contributed by atoms with Gasteiger partial charge in [0.2, 0.25) is 0 Å². The molecule has 2 unspecified atom stereocenters. The number of fused-ring (bicyclic) bond motifs is 1. The van der Waals surface area contributed by atoms with Crippen LogP contribution in [-0.2, 0) is 4.74 Å². The molecular formula is C16H13BrO3. The molecule has 0 spiro atoms. The second kappa shape index (κ2) is 5.38. The van der Waals surface area contributed by atoms with Crippen LogP contribution in [0.5, 0.6) is 5.75 Å². The fourth-order valence-corrected chi connectivity index (χ4v) is 2.88. The van der Waals surface area contributed by atoms with Crippen molar-refractivity contribution < 1.29 is 14.3 Å². The second-order valence-corrected chi connectivity index (χ2v) is 5.44. The van der Waals surface area contributed by atoms with Crippen molar-refractivity contribution in [1.82, 2.24) is 0 Å². The molecule has 0 aliphatic carbocycles. The van der Waals surface area contributed by atoms with Gasteiger partial charge in [0.1, 0.15) is 5.75 Å². The van der Waals surface area contributed by atoms with Crippen molar-refractivity contribution in [2.24, 2.45) is 0 Å². The first-order valence-electron chi connectivity index (χ1n) is 6.29. The summed E-state index contributed by atoms with van der Waals surface area (Å²) >= 11 is 3.43. The number of para-hydroxylation sites is 1. The van der Waals surface area contributed by atoms with E-state index in [0.717, 1.165) is 10.0 Å². The van der Waals surface area contributed by atoms with Crippen LogP contribution in [0.2, 0.25) is 0 Å². The standard InChI is InChI=1S/C16H13BrO3/c1-19-16-13(18)11-8-5-9-12(17)15(11)20-14(16)10-6-3-2-4-7-10/h2-9,14,16H,1H3. The minimum atomic E-state index is -0.626. The van der Waals surface area contributed by atoms with Gasteiger partial charge < -0.3 is 9.47 Å². The van der Waals surface area contributed by atoms with Crippen LogP contribution in [-0.4, -0.2) is 19.0 Å². The molecular weight excluding hydrogens is 320 g/mol. The predicted molar refractivity (Wildman–Crippen MR) is 79.1 cm³/mol. The number of benzene rings is 2. The van der Waals surface area contributed by atoms with Crippen LogP contribution >= 0.6 is 15.9 Å². The summed E-state index contributed by atoms with van der Waals surface area (Å²) in [6.07, 6.45) is -1.06. The summed E-state index contributed by atoms with van der Waals surface area (Å²) in [5, 5.41) is 0. The third-order valence-electron chi connectivity index (χ3n) is 3.39. The highest BCUT2D eigenvalue weighted by Gasteiger charge is 2.39. The van der Waals surface area contributed by atoms with Crippen molar-refractivity contribution in [3.63, 3.8) is 0 Å². The van der Waals surface area contributed by atoms with E-state index in [-0.39, 0.29) is 5.78 Å². The predicted octanol–water partition coefficient (Wildman–Crippen LogP) is 3.78. The van der Waals surface area contributed by atoms with Gasteiger partial charge in [-0.15, -0.1) is 0 Å². The molecule has 0 N–H and O–H groups in total. The van der Waals surface area contributed by atoms with E-state index in [2.05, 4.69) is 15.9 Å². The second-order valence-electron chi connectivity index (χ2n) is 4.59. The van der Waals surface area contributed by atoms with Crippen LogP contribution in [0.1, 0.15) is 22.0 Å². The van der Waals surface area contributed by atoms with Crippen LogP contribution < -0.4 is 4.74 Å². The number of Topliss-reactive ketones (excluding diaryl/α,β-unsaturated/α-hetero) is 1. The first-order chi connectivity index (χ1) is 9.72. The summed E-state index contributed by atoms with van der Waals surface area (Å²) in [5.74, 6) is 0.531. The van der Waals surface area contributed by atoms with Gasteiger partial charge in [0, 0.05) is 7.11 Å². The molecule has 2 atom stereocenters. The lowest BCUT2D eigenvalue weighted by atomic mass is 9.93. The molecule has 1 aliphatic heterocycles. The van der Waals surface area contributed by atoms with Gasteiger partial charge >= 0.3 is 0 Å². The Hall–Kier alpha value is -1.65. The van der Waals surface area contributed by atoms with Crippen molar-refractivity contribution >= 4 is 21.7 Å². The summed E-state index contributed by atoms with van der Waals surface area (Å²) in [6.45, 7) is 0. The van der Waals surface area contributed by atoms with Gasteiger partial charge in [-0.2, -0.15) is 0 Å². The third kappa shape index (κ3) is 2.15. The lowest BCUT2D eigenvalue weighted by Crippen LogP contribution is -2.37. The van der Waals surface area contributed by atoms with Crippen LogP contribution in [0.25, 0.3) is 0 Å². The Labute approximate surface area is 125 Å². The molecule has 0 saturated heterocycles. The summed E-state index contributed by atoms with van der Waals surface area (Å²) in [5.41, 5.74) is 1.48. The molecule has 0 aromatic heterocycles. The summed E-state index contributed by atoms with van der Waals surface area (Å²) in [7, 11) is 1.53. The number of methoxy groups -OCH3 is 1. The Balaban J connectivity index is 2.09. The van der Waals surface area contributed by atoms with Gasteiger partial charge in [0.05, 0.1) is 10.0 Å². The lowest BCUT2D eigenvalue weighted by molar-refractivity contribution is -0.000930. The van der Waals surface area contributed by atoms with E-state index >= 15 is 0 Å². The smallest absolute Gasteiger partial charge is 0.199 e. The normalized spacial score (nSPS) is 21.2. The molecule has 0 bridgehead atoms. The Kier molecular flexibility index (Phi) is 3.59. The van der Waals surface area contributed by atoms with Crippen LogP contribution in [0.15, 0.2) is 53.0 Å². The van der Waals surface area contributed by atoms with E-state index in [0.29, 0.717) is 11.3 Å². The minimum absolute atomic E-state index is 0.0519. The molecule has 1 aliphatic rings. The van der Waals surface area contributed by atoms with Gasteiger partial charge in [0.15, 0.2) is 18.0 Å². The molecule has 20 heavy (non-hydrogen) atoms. The third-order valence-corrected chi connectivity index (χ3v) is 4.02. The number of carbonyl (C=O) groups is 1. The molecule has 0 fully saturated rings. The molecule has 0 radical (unpaired) electrons. The van der Waals surface area contributed by atoms with Gasteiger partial charge in [-0.05, 0) is 33.6 Å². The van der Waals surface area contributed by atoms with E-state index in [1.807, 2.05) is 42.5 Å². The van der Waals surface area contributed by atoms with Gasteiger partial charge in [-0.3, -0.25) is 4.79 Å². The molecule has 3 rings (SSSR count). The van der Waals surface area contributed by atoms with Gasteiger partial charge in [0.25, 0.3) is 0 Å². The largest absolute Gasteiger partial charge is 0.481 e. The average Bonchev–Trinajstić information content (AvgIpc) is 2.49. The molecule has 0 saturated carbocycles. The first kappa shape index (κ1) is 13.3. The number of hydrogen-bond acceptors (Lipinski definition) is 3. The average molecular weight is 333 g/mol. The van der Waals surface area contributed by atoms with Crippen molar-refractivity contribution in [2.75, 3.05) is 7.11 Å². The minimum Gasteiger partial charge on any atom is -0.481 e. The fourth-order valence-electron chi connectivity index (χ4n) is 2.42. The summed E-state index contributed by atoms with van der Waals surface area (Å²) < 4.78 is 12.2. The number of ether oxygens (including phenoxy) is 2. The van der Waals surface area contributed by atoms with Crippen LogP contribution in [0.3, 0.4) is 0 Å². The molecule has 3 nitrogen and oxygen atoms in total. The Morgan fingerprint density at radius 1 is 1.10 bits per heavy atom. The van der Waals surface area contributed by atoms with E-state index in [1.54, 1.807) is 6.07 Å². The number of hydrogen-bond donors (Lipinski definition) is 0. The van der Waals surface area contributed by atoms with Crippen LogP contribution in [0.4, 0.5) is 0 Å². The lowest BCUT2D eigenvalue weighted by Gasteiger charge is -2.32. The Morgan fingerprint density at radius 2 is 1.85 bits per heavy atom. The molecule has 102 valence electrons. The monoisotopic (exact) mass is 332 g/mol. The Morgan fingerprint density at radius 3 is 2.55 bits per heavy atom. The molecule has 4 heteroatoms. The zero-order valence-corrected chi connectivity index (χ0v) is 12.5. The maximum absolute atomic E-state index is 12.6. The van der Waals surface area contributed by atoms with Gasteiger partial charge in [-0.25, -0.2) is 0 Å². The van der Waals surface area contributed by atoms with Gasteiger partial charge in [-0.1, -0.05) is 36.4 Å². The summed E-state index contributed by atoms with van der Waals surface area (Å²) in [6, 6.07) is 15.1. The highest BCUT2D eigenvalue weighted by Crippen LogP contribution is 2.40. The van der Waals surface area contributed by atoms with Crippen molar-refractivity contribution in [1.29, 1.82) is 0 Å². The zero-order chi connectivity index (χ0) is 14.1. The number of halogens is 1. The van der Waals surface area contributed by atoms with E-state index in [9.17, 15) is 4.79 Å². The molecule has 2 aromatic rings. The highest BCUT2D eigenvalue weighted by atomic mass is 79.9. The van der Waals surface area contributed by atoms with E-state index in [4.69, 9.17) is 9.47 Å². The fraction of sp³-hybridized carbons (Fsp3) is 0.188. The quantitative estimate of drug-likeness (QED) is 0.839. The van der Waals surface area contributed by atoms with Crippen molar-refractivity contribution in [3.05, 3.63) is 64.1 Å². The highest BCUT2D eigenvalue weighted by molar-refractivity contribution is 9.10. The number of carbonyl (C=O) groups excluding carboxylic acids is 1. The van der Waals surface area contributed by atoms with E-state index < -0.39 is 12.2 Å². The zero-order valence-electron chi connectivity index (χ0n) is 10.9. The summed E-state index contributed by atoms with van der Waals surface area (Å²) in [4.78, 5) is 12.6. The van der Waals surface area contributed by atoms with Crippen LogP contribution in [0, 0.1) is 0 Å². The first-order valence-corrected chi connectivity index (χ1v) is 7.09. The number of ketones is 1. The van der Waals surface area contributed by atoms with Crippen molar-refractivity contribution in [3.8, 4) is 5.75 Å². The Bertz CT molecular complexity index is 639. The maximum Gasteiger partial charge on any atom is 0.199 e. The van der Waals surface area contributed by atoms with Crippen molar-refractivity contribution in [2.45, 2.75) is 12.2 Å². The maximum atomic E-state index is 12.6. The topological polar surface area (TPSA) is 35.5 Å². The molecule has 0 amide bonds. The SMILES string of the molecule is COC1C(=O)c2cccc(Br)c2OC1c1ccccc1.